The zero-order chi connectivity index (χ0) is 17.1. The Bertz CT molecular complexity index is 686. The molecule has 4 heteroatoms. The molecule has 1 saturated heterocycles. The molecule has 2 atom stereocenters. The van der Waals surface area contributed by atoms with Gasteiger partial charge in [0.2, 0.25) is 0 Å². The van der Waals surface area contributed by atoms with Crippen molar-refractivity contribution in [3.63, 3.8) is 0 Å². The molecule has 2 aromatic carbocycles. The number of piperidine rings is 1. The lowest BCUT2D eigenvalue weighted by Gasteiger charge is -2.40. The first kappa shape index (κ1) is 17.0. The number of likely N-dealkylation sites (tertiary alicyclic amines) is 1. The zero-order valence-corrected chi connectivity index (χ0v) is 14.5. The number of aliphatic carboxylic acids is 1. The van der Waals surface area contributed by atoms with Crippen molar-refractivity contribution in [2.45, 2.75) is 38.3 Å². The minimum Gasteiger partial charge on any atom is -0.480 e. The molecule has 0 bridgehead atoms. The fraction of sp³-hybridized carbons (Fsp3) is 0.350. The summed E-state index contributed by atoms with van der Waals surface area (Å²) in [6, 6.07) is 15.3. The summed E-state index contributed by atoms with van der Waals surface area (Å²) in [4.78, 5) is 13.9. The molecule has 0 amide bonds. The van der Waals surface area contributed by atoms with Crippen LogP contribution in [0.3, 0.4) is 0 Å². The Kier molecular flexibility index (Phi) is 5.22. The standard InChI is InChI=1S/C20H22ClNO2/c1-14-8-2-3-9-15(14)19(16-10-4-5-11-17(16)21)22-13-7-6-12-18(22)20(23)24/h2-5,8-11,18-19H,6-7,12-13H2,1H3,(H,23,24). The van der Waals surface area contributed by atoms with E-state index in [1.165, 1.54) is 0 Å². The molecule has 0 aliphatic carbocycles. The van der Waals surface area contributed by atoms with Crippen LogP contribution in [0.5, 0.6) is 0 Å². The predicted octanol–water partition coefficient (Wildman–Crippen LogP) is 4.68. The van der Waals surface area contributed by atoms with Crippen molar-refractivity contribution in [1.29, 1.82) is 0 Å². The third kappa shape index (κ3) is 3.33. The van der Waals surface area contributed by atoms with Crippen LogP contribution in [0, 0.1) is 6.92 Å². The van der Waals surface area contributed by atoms with E-state index < -0.39 is 12.0 Å². The number of nitrogens with zero attached hydrogens (tertiary/aromatic N) is 1. The number of carbonyl (C=O) groups is 1. The fourth-order valence-electron chi connectivity index (χ4n) is 3.64. The number of aryl methyl sites for hydroxylation is 1. The van der Waals surface area contributed by atoms with E-state index in [1.807, 2.05) is 36.4 Å². The van der Waals surface area contributed by atoms with Gasteiger partial charge in [-0.15, -0.1) is 0 Å². The molecule has 24 heavy (non-hydrogen) atoms. The summed E-state index contributed by atoms with van der Waals surface area (Å²) >= 11 is 6.49. The molecule has 0 spiro atoms. The molecule has 1 heterocycles. The van der Waals surface area contributed by atoms with Crippen molar-refractivity contribution < 1.29 is 9.90 Å². The lowest BCUT2D eigenvalue weighted by molar-refractivity contribution is -0.145. The van der Waals surface area contributed by atoms with Gasteiger partial charge < -0.3 is 5.11 Å². The molecule has 0 saturated carbocycles. The number of rotatable bonds is 4. The van der Waals surface area contributed by atoms with E-state index >= 15 is 0 Å². The molecule has 0 radical (unpaired) electrons. The average molecular weight is 344 g/mol. The van der Waals surface area contributed by atoms with Crippen molar-refractivity contribution in [3.8, 4) is 0 Å². The van der Waals surface area contributed by atoms with Crippen LogP contribution in [-0.4, -0.2) is 28.6 Å². The Morgan fingerprint density at radius 3 is 2.46 bits per heavy atom. The fourth-order valence-corrected chi connectivity index (χ4v) is 3.88. The molecular weight excluding hydrogens is 322 g/mol. The first-order chi connectivity index (χ1) is 11.6. The maximum absolute atomic E-state index is 11.8. The van der Waals surface area contributed by atoms with Gasteiger partial charge in [0.05, 0.1) is 6.04 Å². The van der Waals surface area contributed by atoms with Gasteiger partial charge in [0.25, 0.3) is 0 Å². The highest BCUT2D eigenvalue weighted by molar-refractivity contribution is 6.31. The van der Waals surface area contributed by atoms with E-state index in [9.17, 15) is 9.90 Å². The van der Waals surface area contributed by atoms with Gasteiger partial charge in [0.1, 0.15) is 6.04 Å². The first-order valence-electron chi connectivity index (χ1n) is 8.38. The Morgan fingerprint density at radius 1 is 1.12 bits per heavy atom. The molecule has 2 unspecified atom stereocenters. The minimum absolute atomic E-state index is 0.138. The summed E-state index contributed by atoms with van der Waals surface area (Å²) < 4.78 is 0. The minimum atomic E-state index is -0.750. The summed E-state index contributed by atoms with van der Waals surface area (Å²) in [5.41, 5.74) is 3.25. The van der Waals surface area contributed by atoms with Gasteiger partial charge in [-0.25, -0.2) is 0 Å². The molecule has 3 rings (SSSR count). The predicted molar refractivity (Wildman–Crippen MR) is 96.5 cm³/mol. The SMILES string of the molecule is Cc1ccccc1C(c1ccccc1Cl)N1CCCCC1C(=O)O. The van der Waals surface area contributed by atoms with E-state index in [0.29, 0.717) is 11.4 Å². The topological polar surface area (TPSA) is 40.5 Å². The summed E-state index contributed by atoms with van der Waals surface area (Å²) in [7, 11) is 0. The van der Waals surface area contributed by atoms with Crippen LogP contribution in [0.1, 0.15) is 42.0 Å². The molecule has 1 aliphatic heterocycles. The van der Waals surface area contributed by atoms with Crippen LogP contribution < -0.4 is 0 Å². The largest absolute Gasteiger partial charge is 0.480 e. The molecule has 1 fully saturated rings. The Hall–Kier alpha value is -1.84. The van der Waals surface area contributed by atoms with Gasteiger partial charge in [-0.3, -0.25) is 9.69 Å². The number of carboxylic acids is 1. The van der Waals surface area contributed by atoms with Crippen LogP contribution in [-0.2, 0) is 4.79 Å². The van der Waals surface area contributed by atoms with Crippen LogP contribution in [0.15, 0.2) is 48.5 Å². The molecule has 0 aromatic heterocycles. The van der Waals surface area contributed by atoms with Gasteiger partial charge >= 0.3 is 5.97 Å². The zero-order valence-electron chi connectivity index (χ0n) is 13.8. The van der Waals surface area contributed by atoms with Gasteiger partial charge in [0, 0.05) is 5.02 Å². The van der Waals surface area contributed by atoms with E-state index in [2.05, 4.69) is 24.0 Å². The summed E-state index contributed by atoms with van der Waals surface area (Å²) in [6.45, 7) is 2.83. The van der Waals surface area contributed by atoms with Crippen molar-refractivity contribution in [2.24, 2.45) is 0 Å². The third-order valence-electron chi connectivity index (χ3n) is 4.84. The second-order valence-corrected chi connectivity index (χ2v) is 6.78. The number of hydrogen-bond donors (Lipinski definition) is 1. The second-order valence-electron chi connectivity index (χ2n) is 6.37. The molecule has 126 valence electrons. The van der Waals surface area contributed by atoms with Crippen molar-refractivity contribution in [2.75, 3.05) is 6.54 Å². The lowest BCUT2D eigenvalue weighted by atomic mass is 9.89. The van der Waals surface area contributed by atoms with Crippen LogP contribution in [0.2, 0.25) is 5.02 Å². The number of carboxylic acid groups (broad SMARTS) is 1. The quantitative estimate of drug-likeness (QED) is 0.876. The van der Waals surface area contributed by atoms with Crippen molar-refractivity contribution in [1.82, 2.24) is 4.90 Å². The van der Waals surface area contributed by atoms with Crippen molar-refractivity contribution in [3.05, 3.63) is 70.2 Å². The van der Waals surface area contributed by atoms with E-state index in [-0.39, 0.29) is 6.04 Å². The third-order valence-corrected chi connectivity index (χ3v) is 5.19. The van der Waals surface area contributed by atoms with E-state index in [1.54, 1.807) is 0 Å². The molecular formula is C20H22ClNO2. The lowest BCUT2D eigenvalue weighted by Crippen LogP contribution is -2.47. The van der Waals surface area contributed by atoms with Crippen LogP contribution >= 0.6 is 11.6 Å². The van der Waals surface area contributed by atoms with Crippen LogP contribution in [0.25, 0.3) is 0 Å². The average Bonchev–Trinajstić information content (AvgIpc) is 2.59. The van der Waals surface area contributed by atoms with Gasteiger partial charge in [0.15, 0.2) is 0 Å². The highest BCUT2D eigenvalue weighted by atomic mass is 35.5. The maximum Gasteiger partial charge on any atom is 0.320 e. The Labute approximate surface area is 147 Å². The maximum atomic E-state index is 11.8. The highest BCUT2D eigenvalue weighted by Gasteiger charge is 2.36. The second kappa shape index (κ2) is 7.37. The van der Waals surface area contributed by atoms with Gasteiger partial charge in [-0.2, -0.15) is 0 Å². The molecule has 3 nitrogen and oxygen atoms in total. The number of benzene rings is 2. The van der Waals surface area contributed by atoms with E-state index in [0.717, 1.165) is 36.1 Å². The first-order valence-corrected chi connectivity index (χ1v) is 8.76. The smallest absolute Gasteiger partial charge is 0.320 e. The van der Waals surface area contributed by atoms with Crippen molar-refractivity contribution >= 4 is 17.6 Å². The number of halogens is 1. The highest BCUT2D eigenvalue weighted by Crippen LogP contribution is 2.38. The summed E-state index contributed by atoms with van der Waals surface area (Å²) in [5.74, 6) is -0.750. The Balaban J connectivity index is 2.13. The van der Waals surface area contributed by atoms with Gasteiger partial charge in [-0.1, -0.05) is 60.5 Å². The normalized spacial score (nSPS) is 19.8. The van der Waals surface area contributed by atoms with Gasteiger partial charge in [-0.05, 0) is 49.1 Å². The van der Waals surface area contributed by atoms with E-state index in [4.69, 9.17) is 11.6 Å². The Morgan fingerprint density at radius 2 is 1.79 bits per heavy atom. The molecule has 2 aromatic rings. The summed E-state index contributed by atoms with van der Waals surface area (Å²) in [5, 5.41) is 10.4. The monoisotopic (exact) mass is 343 g/mol. The molecule has 1 aliphatic rings. The molecule has 1 N–H and O–H groups in total. The number of hydrogen-bond acceptors (Lipinski definition) is 2. The van der Waals surface area contributed by atoms with Crippen LogP contribution in [0.4, 0.5) is 0 Å². The summed E-state index contributed by atoms with van der Waals surface area (Å²) in [6.07, 6.45) is 2.65.